The average Bonchev–Trinajstić information content (AvgIpc) is 2.85. The van der Waals surface area contributed by atoms with E-state index in [2.05, 4.69) is 20.4 Å². The average molecular weight is 527 g/mol. The molecule has 194 valence electrons. The first-order valence-electron chi connectivity index (χ1n) is 11.7. The summed E-state index contributed by atoms with van der Waals surface area (Å²) in [6, 6.07) is 11.8. The van der Waals surface area contributed by atoms with Gasteiger partial charge in [-0.25, -0.2) is 8.78 Å². The lowest BCUT2D eigenvalue weighted by Crippen LogP contribution is -2.40. The minimum Gasteiger partial charge on any atom is -0.380 e. The lowest BCUT2D eigenvalue weighted by atomic mass is 9.97. The number of halogens is 2. The van der Waals surface area contributed by atoms with Crippen molar-refractivity contribution >= 4 is 41.0 Å². The Morgan fingerprint density at radius 3 is 2.40 bits per heavy atom. The van der Waals surface area contributed by atoms with Crippen molar-refractivity contribution in [2.24, 2.45) is 0 Å². The molecule has 0 saturated heterocycles. The topological polar surface area (TPSA) is 76.6 Å². The van der Waals surface area contributed by atoms with E-state index in [9.17, 15) is 18.8 Å². The van der Waals surface area contributed by atoms with Crippen molar-refractivity contribution in [2.75, 3.05) is 37.2 Å². The molecule has 0 heterocycles. The number of benzene rings is 2. The van der Waals surface area contributed by atoms with E-state index in [1.807, 2.05) is 27.1 Å². The Balaban J connectivity index is 2.07. The first-order chi connectivity index (χ1) is 16.7. The SMILES string of the molecule is CCCC(F)(CC)C(=O)NSc1ccc(NC(CCN(C)C)CSc2ccc(F)cc2)c(NO)c1. The van der Waals surface area contributed by atoms with Gasteiger partial charge in [0.05, 0.1) is 11.4 Å². The van der Waals surface area contributed by atoms with Crippen LogP contribution in [0.15, 0.2) is 52.3 Å². The van der Waals surface area contributed by atoms with Gasteiger partial charge in [0, 0.05) is 21.6 Å². The molecule has 0 radical (unpaired) electrons. The normalized spacial score (nSPS) is 13.8. The molecule has 0 aliphatic rings. The summed E-state index contributed by atoms with van der Waals surface area (Å²) in [7, 11) is 4.02. The van der Waals surface area contributed by atoms with Gasteiger partial charge in [-0.1, -0.05) is 20.3 Å². The maximum absolute atomic E-state index is 14.8. The van der Waals surface area contributed by atoms with Crippen LogP contribution >= 0.6 is 23.7 Å². The smallest absolute Gasteiger partial charge is 0.267 e. The first-order valence-corrected chi connectivity index (χ1v) is 13.5. The zero-order chi connectivity index (χ0) is 25.8. The maximum Gasteiger partial charge on any atom is 0.267 e. The molecule has 35 heavy (non-hydrogen) atoms. The van der Waals surface area contributed by atoms with E-state index < -0.39 is 11.6 Å². The van der Waals surface area contributed by atoms with Gasteiger partial charge >= 0.3 is 0 Å². The number of thioether (sulfide) groups is 1. The molecule has 2 aromatic carbocycles. The fourth-order valence-electron chi connectivity index (χ4n) is 3.41. The van der Waals surface area contributed by atoms with Gasteiger partial charge in [-0.05, 0) is 94.3 Å². The summed E-state index contributed by atoms with van der Waals surface area (Å²) < 4.78 is 30.6. The zero-order valence-corrected chi connectivity index (χ0v) is 22.4. The van der Waals surface area contributed by atoms with Crippen molar-refractivity contribution in [1.29, 1.82) is 0 Å². The predicted molar refractivity (Wildman–Crippen MR) is 143 cm³/mol. The standard InChI is InChI=1S/C25H36F2N4O2S2/c1-5-14-25(27,6-2)24(32)30-35-21-11-12-22(23(16-21)29-33)28-19(13-15-31(3)4)17-34-20-9-7-18(26)8-10-20/h7-12,16,19,28-29,33H,5-6,13-15,17H2,1-4H3,(H,30,32). The number of carbonyl (C=O) groups excluding carboxylic acids is 1. The second kappa shape index (κ2) is 14.5. The Hall–Kier alpha value is -2.01. The second-order valence-corrected chi connectivity index (χ2v) is 10.6. The summed E-state index contributed by atoms with van der Waals surface area (Å²) in [6.45, 7) is 4.37. The predicted octanol–water partition coefficient (Wildman–Crippen LogP) is 6.19. The molecule has 1 amide bonds. The van der Waals surface area contributed by atoms with E-state index in [0.717, 1.165) is 35.6 Å². The number of carbonyl (C=O) groups is 1. The zero-order valence-electron chi connectivity index (χ0n) is 20.7. The van der Waals surface area contributed by atoms with Crippen molar-refractivity contribution in [3.63, 3.8) is 0 Å². The van der Waals surface area contributed by atoms with Crippen molar-refractivity contribution in [1.82, 2.24) is 9.62 Å². The highest BCUT2D eigenvalue weighted by atomic mass is 32.2. The Bertz CT molecular complexity index is 934. The minimum absolute atomic E-state index is 0.0727. The number of rotatable bonds is 15. The highest BCUT2D eigenvalue weighted by Crippen LogP contribution is 2.31. The third-order valence-electron chi connectivity index (χ3n) is 5.54. The van der Waals surface area contributed by atoms with Crippen LogP contribution in [0.25, 0.3) is 0 Å². The van der Waals surface area contributed by atoms with Crippen LogP contribution < -0.4 is 15.5 Å². The van der Waals surface area contributed by atoms with Crippen LogP contribution in [0.2, 0.25) is 0 Å². The molecule has 10 heteroatoms. The molecule has 2 atom stereocenters. The van der Waals surface area contributed by atoms with Crippen LogP contribution in [0.1, 0.15) is 39.5 Å². The molecule has 2 unspecified atom stereocenters. The van der Waals surface area contributed by atoms with E-state index in [4.69, 9.17) is 0 Å². The summed E-state index contributed by atoms with van der Waals surface area (Å²) in [4.78, 5) is 16.1. The third-order valence-corrected chi connectivity index (χ3v) is 7.49. The second-order valence-electron chi connectivity index (χ2n) is 8.62. The van der Waals surface area contributed by atoms with Crippen molar-refractivity contribution in [3.05, 3.63) is 48.3 Å². The summed E-state index contributed by atoms with van der Waals surface area (Å²) >= 11 is 2.64. The Labute approximate surface area is 215 Å². The molecule has 0 saturated carbocycles. The summed E-state index contributed by atoms with van der Waals surface area (Å²) in [5.41, 5.74) is 1.47. The minimum atomic E-state index is -1.89. The number of amides is 1. The first kappa shape index (κ1) is 29.2. The van der Waals surface area contributed by atoms with Crippen LogP contribution in [-0.4, -0.2) is 54.1 Å². The maximum atomic E-state index is 14.8. The Morgan fingerprint density at radius 1 is 1.11 bits per heavy atom. The van der Waals surface area contributed by atoms with Gasteiger partial charge in [0.15, 0.2) is 5.67 Å². The number of alkyl halides is 1. The third kappa shape index (κ3) is 9.51. The van der Waals surface area contributed by atoms with Gasteiger partial charge in [0.25, 0.3) is 5.91 Å². The van der Waals surface area contributed by atoms with Crippen molar-refractivity contribution in [2.45, 2.75) is 61.0 Å². The molecule has 0 spiro atoms. The van der Waals surface area contributed by atoms with Crippen LogP contribution in [0.5, 0.6) is 0 Å². The van der Waals surface area contributed by atoms with Gasteiger partial charge in [-0.3, -0.25) is 20.2 Å². The van der Waals surface area contributed by atoms with Crippen LogP contribution in [0, 0.1) is 5.82 Å². The van der Waals surface area contributed by atoms with Gasteiger partial charge in [-0.15, -0.1) is 11.8 Å². The fraction of sp³-hybridized carbons (Fsp3) is 0.480. The molecular formula is C25H36F2N4O2S2. The van der Waals surface area contributed by atoms with Crippen molar-refractivity contribution in [3.8, 4) is 0 Å². The van der Waals surface area contributed by atoms with Crippen LogP contribution in [0.3, 0.4) is 0 Å². The lowest BCUT2D eigenvalue weighted by molar-refractivity contribution is -0.131. The molecule has 0 aliphatic heterocycles. The van der Waals surface area contributed by atoms with Crippen LogP contribution in [0.4, 0.5) is 20.2 Å². The van der Waals surface area contributed by atoms with Crippen LogP contribution in [-0.2, 0) is 4.79 Å². The van der Waals surface area contributed by atoms with E-state index >= 15 is 0 Å². The lowest BCUT2D eigenvalue weighted by Gasteiger charge is -2.24. The number of hydrogen-bond acceptors (Lipinski definition) is 7. The molecule has 2 aromatic rings. The monoisotopic (exact) mass is 526 g/mol. The number of anilines is 2. The number of hydrogen-bond donors (Lipinski definition) is 4. The summed E-state index contributed by atoms with van der Waals surface area (Å²) in [5.74, 6) is -0.167. The highest BCUT2D eigenvalue weighted by Gasteiger charge is 2.35. The van der Waals surface area contributed by atoms with Crippen molar-refractivity contribution < 1.29 is 18.8 Å². The molecule has 2 rings (SSSR count). The molecule has 4 N–H and O–H groups in total. The summed E-state index contributed by atoms with van der Waals surface area (Å²) in [5, 5.41) is 13.2. The van der Waals surface area contributed by atoms with E-state index in [1.54, 1.807) is 43.0 Å². The quantitative estimate of drug-likeness (QED) is 0.125. The van der Waals surface area contributed by atoms with Gasteiger partial charge in [0.1, 0.15) is 5.82 Å². The molecule has 0 aliphatic carbocycles. The van der Waals surface area contributed by atoms with E-state index in [1.165, 1.54) is 12.1 Å². The van der Waals surface area contributed by atoms with Gasteiger partial charge in [0.2, 0.25) is 0 Å². The molecule has 0 bridgehead atoms. The molecular weight excluding hydrogens is 490 g/mol. The molecule has 6 nitrogen and oxygen atoms in total. The number of nitrogens with zero attached hydrogens (tertiary/aromatic N) is 1. The van der Waals surface area contributed by atoms with Gasteiger partial charge < -0.3 is 10.2 Å². The largest absolute Gasteiger partial charge is 0.380 e. The Kier molecular flexibility index (Phi) is 12.1. The van der Waals surface area contributed by atoms with E-state index in [-0.39, 0.29) is 24.7 Å². The number of nitrogens with one attached hydrogen (secondary N) is 3. The molecule has 0 aromatic heterocycles. The van der Waals surface area contributed by atoms with E-state index in [0.29, 0.717) is 22.7 Å². The summed E-state index contributed by atoms with van der Waals surface area (Å²) in [6.07, 6.45) is 1.72. The Morgan fingerprint density at radius 2 is 1.80 bits per heavy atom. The highest BCUT2D eigenvalue weighted by molar-refractivity contribution is 7.99. The fourth-order valence-corrected chi connectivity index (χ4v) is 5.09. The van der Waals surface area contributed by atoms with Gasteiger partial charge in [-0.2, -0.15) is 0 Å². The molecule has 0 fully saturated rings.